The number of thiol groups is 1. The summed E-state index contributed by atoms with van der Waals surface area (Å²) < 4.78 is 0. The normalized spacial score (nSPS) is 15.4. The van der Waals surface area contributed by atoms with Crippen LogP contribution in [0, 0.1) is 0 Å². The molecular weight excluding hydrogens is 136 g/mol. The maximum atomic E-state index is 8.68. The zero-order valence-corrected chi connectivity index (χ0v) is 7.61. The molecule has 0 heterocycles. The zero-order chi connectivity index (χ0) is 6.41. The van der Waals surface area contributed by atoms with Gasteiger partial charge in [-0.05, 0) is 17.7 Å². The first kappa shape index (κ1) is 8.53. The van der Waals surface area contributed by atoms with Gasteiger partial charge in [-0.1, -0.05) is 13.3 Å². The van der Waals surface area contributed by atoms with Crippen LogP contribution in [0.5, 0.6) is 0 Å². The Labute approximate surface area is 58.8 Å². The molecule has 1 unspecified atom stereocenters. The molecule has 0 spiro atoms. The Morgan fingerprint density at radius 2 is 2.38 bits per heavy atom. The lowest BCUT2D eigenvalue weighted by Crippen LogP contribution is -1.97. The van der Waals surface area contributed by atoms with Crippen LogP contribution >= 0.6 is 12.6 Å². The van der Waals surface area contributed by atoms with E-state index in [0.717, 1.165) is 18.6 Å². The van der Waals surface area contributed by atoms with E-state index >= 15 is 0 Å². The van der Waals surface area contributed by atoms with Crippen LogP contribution < -0.4 is 0 Å². The van der Waals surface area contributed by atoms with Crippen LogP contribution in [0.2, 0.25) is 5.54 Å². The van der Waals surface area contributed by atoms with Gasteiger partial charge >= 0.3 is 0 Å². The molecule has 0 radical (unpaired) electrons. The van der Waals surface area contributed by atoms with Crippen molar-refractivity contribution in [1.82, 2.24) is 0 Å². The molecule has 0 amide bonds. The summed E-state index contributed by atoms with van der Waals surface area (Å²) in [5.74, 6) is 0.957. The van der Waals surface area contributed by atoms with E-state index in [4.69, 9.17) is 4.80 Å². The number of hydrogen-bond acceptors (Lipinski definition) is 2. The maximum Gasteiger partial charge on any atom is 0.159 e. The molecule has 0 rings (SSSR count). The molecule has 1 atom stereocenters. The average Bonchev–Trinajstić information content (AvgIpc) is 1.83. The first-order valence-electron chi connectivity index (χ1n) is 3.03. The molecule has 0 aliphatic heterocycles. The van der Waals surface area contributed by atoms with Gasteiger partial charge in [-0.2, -0.15) is 12.6 Å². The summed E-state index contributed by atoms with van der Waals surface area (Å²) in [6.45, 7) is 2.11. The minimum Gasteiger partial charge on any atom is -0.438 e. The molecular formula is C5H14OSSi. The molecule has 0 aromatic carbocycles. The highest BCUT2D eigenvalue weighted by Crippen LogP contribution is 2.08. The second-order valence-electron chi connectivity index (χ2n) is 2.15. The van der Waals surface area contributed by atoms with Gasteiger partial charge in [-0.15, -0.1) is 0 Å². The smallest absolute Gasteiger partial charge is 0.159 e. The molecule has 0 aromatic heterocycles. The molecule has 0 aromatic rings. The van der Waals surface area contributed by atoms with Gasteiger partial charge in [-0.25, -0.2) is 0 Å². The molecule has 0 aliphatic rings. The van der Waals surface area contributed by atoms with E-state index in [0.29, 0.717) is 5.54 Å². The predicted octanol–water partition coefficient (Wildman–Crippen LogP) is 0.581. The van der Waals surface area contributed by atoms with Crippen molar-refractivity contribution in [2.24, 2.45) is 0 Å². The lowest BCUT2D eigenvalue weighted by molar-refractivity contribution is 0.570. The van der Waals surface area contributed by atoms with Crippen molar-refractivity contribution in [3.05, 3.63) is 0 Å². The van der Waals surface area contributed by atoms with Crippen LogP contribution in [0.4, 0.5) is 0 Å². The summed E-state index contributed by atoms with van der Waals surface area (Å²) in [4.78, 5) is 8.68. The largest absolute Gasteiger partial charge is 0.438 e. The highest BCUT2D eigenvalue weighted by Gasteiger charge is 1.97. The van der Waals surface area contributed by atoms with E-state index in [1.165, 1.54) is 0 Å². The molecule has 0 saturated heterocycles. The van der Waals surface area contributed by atoms with E-state index in [1.807, 2.05) is 0 Å². The van der Waals surface area contributed by atoms with Crippen LogP contribution in [0.25, 0.3) is 0 Å². The summed E-state index contributed by atoms with van der Waals surface area (Å²) in [6, 6.07) is 0. The van der Waals surface area contributed by atoms with E-state index in [9.17, 15) is 0 Å². The fourth-order valence-corrected chi connectivity index (χ4v) is 1.18. The summed E-state index contributed by atoms with van der Waals surface area (Å²) in [6.07, 6.45) is 2.31. The SMILES string of the molecule is CC(CCCS)[SiH2]O. The summed E-state index contributed by atoms with van der Waals surface area (Å²) in [5, 5.41) is 0. The maximum absolute atomic E-state index is 8.68. The van der Waals surface area contributed by atoms with Crippen molar-refractivity contribution in [1.29, 1.82) is 0 Å². The predicted molar refractivity (Wildman–Crippen MR) is 43.3 cm³/mol. The van der Waals surface area contributed by atoms with Crippen LogP contribution in [0.1, 0.15) is 19.8 Å². The Kier molecular flexibility index (Phi) is 6.03. The second kappa shape index (κ2) is 5.66. The molecule has 1 nitrogen and oxygen atoms in total. The van der Waals surface area contributed by atoms with Crippen LogP contribution in [-0.4, -0.2) is 20.3 Å². The van der Waals surface area contributed by atoms with E-state index in [-0.39, 0.29) is 0 Å². The lowest BCUT2D eigenvalue weighted by atomic mass is 10.3. The van der Waals surface area contributed by atoms with Gasteiger partial charge in [0.25, 0.3) is 0 Å². The number of hydrogen-bond donors (Lipinski definition) is 2. The third-order valence-electron chi connectivity index (χ3n) is 1.17. The minimum absolute atomic E-state index is 0.599. The molecule has 3 heteroatoms. The van der Waals surface area contributed by atoms with Gasteiger partial charge in [0, 0.05) is 0 Å². The summed E-state index contributed by atoms with van der Waals surface area (Å²) >= 11 is 4.07. The highest BCUT2D eigenvalue weighted by atomic mass is 32.1. The number of rotatable bonds is 4. The van der Waals surface area contributed by atoms with Crippen molar-refractivity contribution in [3.63, 3.8) is 0 Å². The molecule has 0 saturated carbocycles. The Morgan fingerprint density at radius 3 is 2.75 bits per heavy atom. The van der Waals surface area contributed by atoms with Gasteiger partial charge in [0.1, 0.15) is 0 Å². The lowest BCUT2D eigenvalue weighted by Gasteiger charge is -2.02. The van der Waals surface area contributed by atoms with Crippen LogP contribution in [-0.2, 0) is 0 Å². The van der Waals surface area contributed by atoms with E-state index in [2.05, 4.69) is 19.6 Å². The minimum atomic E-state index is -0.716. The van der Waals surface area contributed by atoms with Crippen molar-refractivity contribution in [3.8, 4) is 0 Å². The average molecular weight is 150 g/mol. The Bertz CT molecular complexity index is 51.7. The van der Waals surface area contributed by atoms with Gasteiger partial charge in [0.05, 0.1) is 0 Å². The Morgan fingerprint density at radius 1 is 1.75 bits per heavy atom. The fraction of sp³-hybridized carbons (Fsp3) is 1.00. The van der Waals surface area contributed by atoms with Crippen LogP contribution in [0.15, 0.2) is 0 Å². The standard InChI is InChI=1S/C5H14OSSi/c1-5(8-6)3-2-4-7/h5-7H,2-4,8H2,1H3. The quantitative estimate of drug-likeness (QED) is 0.444. The fourth-order valence-electron chi connectivity index (χ4n) is 0.531. The molecule has 8 heavy (non-hydrogen) atoms. The molecule has 0 bridgehead atoms. The van der Waals surface area contributed by atoms with E-state index < -0.39 is 9.76 Å². The molecule has 1 N–H and O–H groups in total. The molecule has 0 aliphatic carbocycles. The third-order valence-corrected chi connectivity index (χ3v) is 2.51. The van der Waals surface area contributed by atoms with Crippen molar-refractivity contribution in [2.45, 2.75) is 25.3 Å². The summed E-state index contributed by atoms with van der Waals surface area (Å²) in [7, 11) is -0.716. The first-order chi connectivity index (χ1) is 3.81. The van der Waals surface area contributed by atoms with Crippen molar-refractivity contribution >= 4 is 22.4 Å². The molecule has 0 fully saturated rings. The third kappa shape index (κ3) is 4.68. The topological polar surface area (TPSA) is 20.2 Å². The second-order valence-corrected chi connectivity index (χ2v) is 4.36. The van der Waals surface area contributed by atoms with Crippen molar-refractivity contribution < 1.29 is 4.80 Å². The van der Waals surface area contributed by atoms with Gasteiger partial charge in [0.2, 0.25) is 0 Å². The van der Waals surface area contributed by atoms with Gasteiger partial charge in [0.15, 0.2) is 9.76 Å². The first-order valence-corrected chi connectivity index (χ1v) is 5.11. The van der Waals surface area contributed by atoms with Gasteiger partial charge < -0.3 is 4.80 Å². The highest BCUT2D eigenvalue weighted by molar-refractivity contribution is 7.80. The zero-order valence-electron chi connectivity index (χ0n) is 5.30. The Balaban J connectivity index is 2.86. The van der Waals surface area contributed by atoms with Crippen LogP contribution in [0.3, 0.4) is 0 Å². The molecule has 50 valence electrons. The van der Waals surface area contributed by atoms with Gasteiger partial charge in [-0.3, -0.25) is 0 Å². The summed E-state index contributed by atoms with van der Waals surface area (Å²) in [5.41, 5.74) is 0.599. The van der Waals surface area contributed by atoms with Crippen molar-refractivity contribution in [2.75, 3.05) is 5.75 Å². The van der Waals surface area contributed by atoms with E-state index in [1.54, 1.807) is 0 Å². The Hall–Kier alpha value is 0.527. The monoisotopic (exact) mass is 150 g/mol.